The number of hydrogen-bond acceptors (Lipinski definition) is 3. The molecular formula is C24H30N2O3. The minimum Gasteiger partial charge on any atom is -0.394 e. The highest BCUT2D eigenvalue weighted by Gasteiger charge is 2.36. The molecule has 2 unspecified atom stereocenters. The lowest BCUT2D eigenvalue weighted by molar-refractivity contribution is -0.139. The zero-order chi connectivity index (χ0) is 20.8. The summed E-state index contributed by atoms with van der Waals surface area (Å²) in [6.45, 7) is 4.46. The van der Waals surface area contributed by atoms with Crippen molar-refractivity contribution >= 4 is 11.8 Å². The van der Waals surface area contributed by atoms with Gasteiger partial charge in [-0.05, 0) is 29.9 Å². The Morgan fingerprint density at radius 3 is 2.07 bits per heavy atom. The van der Waals surface area contributed by atoms with Crippen molar-refractivity contribution in [2.75, 3.05) is 13.2 Å². The highest BCUT2D eigenvalue weighted by Crippen LogP contribution is 2.26. The van der Waals surface area contributed by atoms with Gasteiger partial charge in [0.15, 0.2) is 0 Å². The predicted molar refractivity (Wildman–Crippen MR) is 113 cm³/mol. The number of carbonyl (C=O) groups is 2. The first-order valence-corrected chi connectivity index (χ1v) is 10.3. The van der Waals surface area contributed by atoms with Gasteiger partial charge in [0, 0.05) is 6.54 Å². The summed E-state index contributed by atoms with van der Waals surface area (Å²) in [5.41, 5.74) is 1.78. The fourth-order valence-corrected chi connectivity index (χ4v) is 4.03. The Bertz CT molecular complexity index is 768. The van der Waals surface area contributed by atoms with Crippen LogP contribution in [0.5, 0.6) is 0 Å². The molecule has 2 aromatic carbocycles. The van der Waals surface area contributed by atoms with E-state index in [2.05, 4.69) is 5.32 Å². The minimum absolute atomic E-state index is 0.0405. The molecule has 1 aliphatic rings. The molecule has 5 heteroatoms. The maximum atomic E-state index is 13.4. The summed E-state index contributed by atoms with van der Waals surface area (Å²) < 4.78 is 0. The first-order valence-electron chi connectivity index (χ1n) is 10.3. The molecule has 5 nitrogen and oxygen atoms in total. The molecule has 29 heavy (non-hydrogen) atoms. The lowest BCUT2D eigenvalue weighted by Crippen LogP contribution is -2.53. The quantitative estimate of drug-likeness (QED) is 0.759. The predicted octanol–water partition coefficient (Wildman–Crippen LogP) is 2.94. The first kappa shape index (κ1) is 21.1. The minimum atomic E-state index is -0.621. The number of nitrogens with zero attached hydrogens (tertiary/aromatic N) is 1. The Balaban J connectivity index is 1.86. The van der Waals surface area contributed by atoms with E-state index in [1.807, 2.05) is 74.5 Å². The number of amides is 2. The van der Waals surface area contributed by atoms with E-state index in [4.69, 9.17) is 0 Å². The topological polar surface area (TPSA) is 69.6 Å². The third kappa shape index (κ3) is 4.85. The summed E-state index contributed by atoms with van der Waals surface area (Å²) in [6.07, 6.45) is 1.68. The maximum absolute atomic E-state index is 13.4. The summed E-state index contributed by atoms with van der Waals surface area (Å²) in [4.78, 5) is 28.3. The molecule has 1 saturated heterocycles. The molecular weight excluding hydrogens is 364 g/mol. The van der Waals surface area contributed by atoms with Crippen molar-refractivity contribution in [3.05, 3.63) is 71.8 Å². The van der Waals surface area contributed by atoms with Gasteiger partial charge in [0.25, 0.3) is 0 Å². The summed E-state index contributed by atoms with van der Waals surface area (Å²) in [6, 6.07) is 18.5. The van der Waals surface area contributed by atoms with Gasteiger partial charge in [0.1, 0.15) is 6.04 Å². The van der Waals surface area contributed by atoms with E-state index >= 15 is 0 Å². The van der Waals surface area contributed by atoms with Gasteiger partial charge in [-0.1, -0.05) is 74.5 Å². The second-order valence-electron chi connectivity index (χ2n) is 7.99. The maximum Gasteiger partial charge on any atom is 0.245 e. The van der Waals surface area contributed by atoms with Gasteiger partial charge in [0.05, 0.1) is 18.6 Å². The first-order chi connectivity index (χ1) is 14.0. The second-order valence-corrected chi connectivity index (χ2v) is 7.99. The van der Waals surface area contributed by atoms with Gasteiger partial charge >= 0.3 is 0 Å². The Morgan fingerprint density at radius 2 is 1.59 bits per heavy atom. The molecule has 0 radical (unpaired) electrons. The molecule has 2 amide bonds. The number of aliphatic hydroxyl groups excluding tert-OH is 1. The van der Waals surface area contributed by atoms with E-state index in [-0.39, 0.29) is 30.4 Å². The largest absolute Gasteiger partial charge is 0.394 e. The third-order valence-corrected chi connectivity index (χ3v) is 5.63. The number of carbonyl (C=O) groups excluding carboxylic acids is 2. The normalized spacial score (nSPS) is 17.6. The van der Waals surface area contributed by atoms with Crippen LogP contribution in [0.3, 0.4) is 0 Å². The average molecular weight is 395 g/mol. The zero-order valence-corrected chi connectivity index (χ0v) is 17.1. The number of hydrogen-bond donors (Lipinski definition) is 2. The molecule has 2 aromatic rings. The van der Waals surface area contributed by atoms with E-state index in [0.29, 0.717) is 6.54 Å². The molecule has 154 valence electrons. The molecule has 0 aliphatic carbocycles. The Labute approximate surface area is 172 Å². The fraction of sp³-hybridized carbons (Fsp3) is 0.417. The van der Waals surface area contributed by atoms with Gasteiger partial charge < -0.3 is 15.3 Å². The van der Waals surface area contributed by atoms with E-state index in [1.54, 1.807) is 4.90 Å². The molecule has 3 rings (SSSR count). The smallest absolute Gasteiger partial charge is 0.245 e. The lowest BCUT2D eigenvalue weighted by Gasteiger charge is -2.31. The molecule has 0 spiro atoms. The molecule has 2 atom stereocenters. The van der Waals surface area contributed by atoms with Gasteiger partial charge in [-0.25, -0.2) is 0 Å². The van der Waals surface area contributed by atoms with Crippen molar-refractivity contribution in [2.45, 2.75) is 44.7 Å². The summed E-state index contributed by atoms with van der Waals surface area (Å²) in [5, 5.41) is 12.6. The Hall–Kier alpha value is -2.66. The van der Waals surface area contributed by atoms with Crippen LogP contribution in [0.2, 0.25) is 0 Å². The molecule has 1 fully saturated rings. The van der Waals surface area contributed by atoms with Crippen LogP contribution < -0.4 is 5.32 Å². The number of rotatable bonds is 7. The number of nitrogens with one attached hydrogen (secondary N) is 1. The monoisotopic (exact) mass is 394 g/mol. The highest BCUT2D eigenvalue weighted by molar-refractivity contribution is 5.92. The van der Waals surface area contributed by atoms with Crippen LogP contribution >= 0.6 is 0 Å². The van der Waals surface area contributed by atoms with E-state index < -0.39 is 12.0 Å². The molecule has 2 N–H and O–H groups in total. The summed E-state index contributed by atoms with van der Waals surface area (Å²) in [5.74, 6) is -0.837. The van der Waals surface area contributed by atoms with Gasteiger partial charge in [0.2, 0.25) is 11.8 Å². The van der Waals surface area contributed by atoms with Crippen molar-refractivity contribution in [3.63, 3.8) is 0 Å². The van der Waals surface area contributed by atoms with Gasteiger partial charge in [-0.15, -0.1) is 0 Å². The van der Waals surface area contributed by atoms with Gasteiger partial charge in [-0.3, -0.25) is 9.59 Å². The van der Waals surface area contributed by atoms with E-state index in [0.717, 1.165) is 24.0 Å². The molecule has 1 aliphatic heterocycles. The van der Waals surface area contributed by atoms with Crippen LogP contribution in [0.1, 0.15) is 43.7 Å². The van der Waals surface area contributed by atoms with Crippen molar-refractivity contribution in [1.29, 1.82) is 0 Å². The van der Waals surface area contributed by atoms with Crippen LogP contribution in [0.4, 0.5) is 0 Å². The standard InChI is InChI=1S/C24H30N2O3/c1-17(2)22(24(29)26-15-9-14-20(26)16-27)25-23(28)21(18-10-5-3-6-11-18)19-12-7-4-8-13-19/h3-8,10-13,17,20-22,27H,9,14-16H2,1-2H3,(H,25,28). The van der Waals surface area contributed by atoms with Crippen molar-refractivity contribution in [2.24, 2.45) is 5.92 Å². The highest BCUT2D eigenvalue weighted by atomic mass is 16.3. The van der Waals surface area contributed by atoms with E-state index in [1.165, 1.54) is 0 Å². The fourth-order valence-electron chi connectivity index (χ4n) is 4.03. The van der Waals surface area contributed by atoms with Crippen LogP contribution in [-0.2, 0) is 9.59 Å². The zero-order valence-electron chi connectivity index (χ0n) is 17.1. The third-order valence-electron chi connectivity index (χ3n) is 5.63. The summed E-state index contributed by atoms with van der Waals surface area (Å²) in [7, 11) is 0. The SMILES string of the molecule is CC(C)C(NC(=O)C(c1ccccc1)c1ccccc1)C(=O)N1CCCC1CO. The van der Waals surface area contributed by atoms with Gasteiger partial charge in [-0.2, -0.15) is 0 Å². The van der Waals surface area contributed by atoms with Crippen LogP contribution in [0.15, 0.2) is 60.7 Å². The van der Waals surface area contributed by atoms with Crippen LogP contribution in [0.25, 0.3) is 0 Å². The molecule has 0 saturated carbocycles. The van der Waals surface area contributed by atoms with Crippen LogP contribution in [0, 0.1) is 5.92 Å². The average Bonchev–Trinajstić information content (AvgIpc) is 3.22. The van der Waals surface area contributed by atoms with Crippen molar-refractivity contribution in [3.8, 4) is 0 Å². The van der Waals surface area contributed by atoms with E-state index in [9.17, 15) is 14.7 Å². The lowest BCUT2D eigenvalue weighted by atomic mass is 9.89. The van der Waals surface area contributed by atoms with Crippen molar-refractivity contribution in [1.82, 2.24) is 10.2 Å². The number of aliphatic hydroxyl groups is 1. The van der Waals surface area contributed by atoms with Crippen LogP contribution in [-0.4, -0.2) is 47.1 Å². The van der Waals surface area contributed by atoms with Crippen molar-refractivity contribution < 1.29 is 14.7 Å². The molecule has 0 aromatic heterocycles. The number of benzene rings is 2. The summed E-state index contributed by atoms with van der Waals surface area (Å²) >= 11 is 0. The Morgan fingerprint density at radius 1 is 1.03 bits per heavy atom. The Kier molecular flexibility index (Phi) is 7.04. The second kappa shape index (κ2) is 9.70. The molecule has 0 bridgehead atoms. The molecule has 1 heterocycles. The number of likely N-dealkylation sites (tertiary alicyclic amines) is 1.